The van der Waals surface area contributed by atoms with Crippen LogP contribution in [0.15, 0.2) is 76.2 Å². The predicted octanol–water partition coefficient (Wildman–Crippen LogP) is 5.28. The molecule has 1 aromatic heterocycles. The molecule has 2 amide bonds. The van der Waals surface area contributed by atoms with E-state index in [1.807, 2.05) is 61.5 Å². The number of aryl methyl sites for hydroxylation is 1. The Morgan fingerprint density at radius 2 is 1.76 bits per heavy atom. The number of furan rings is 1. The molecule has 178 valence electrons. The Balaban J connectivity index is 1.36. The van der Waals surface area contributed by atoms with Gasteiger partial charge in [-0.3, -0.25) is 14.5 Å². The van der Waals surface area contributed by atoms with E-state index >= 15 is 0 Å². The summed E-state index contributed by atoms with van der Waals surface area (Å²) in [6.07, 6.45) is 5.25. The maximum Gasteiger partial charge on any atom is 0.252 e. The van der Waals surface area contributed by atoms with Gasteiger partial charge in [-0.25, -0.2) is 0 Å². The predicted molar refractivity (Wildman–Crippen MR) is 136 cm³/mol. The van der Waals surface area contributed by atoms with Crippen LogP contribution < -0.4 is 10.6 Å². The van der Waals surface area contributed by atoms with Crippen LogP contribution >= 0.6 is 11.8 Å². The largest absolute Gasteiger partial charge is 0.468 e. The summed E-state index contributed by atoms with van der Waals surface area (Å²) >= 11 is 1.36. The van der Waals surface area contributed by atoms with Gasteiger partial charge in [0.05, 0.1) is 23.6 Å². The lowest BCUT2D eigenvalue weighted by Gasteiger charge is -2.33. The van der Waals surface area contributed by atoms with Crippen LogP contribution in [-0.4, -0.2) is 42.1 Å². The number of amides is 2. The summed E-state index contributed by atoms with van der Waals surface area (Å²) in [7, 11) is 0. The first-order valence-electron chi connectivity index (χ1n) is 11.7. The number of hydrogen-bond acceptors (Lipinski definition) is 5. The van der Waals surface area contributed by atoms with E-state index in [2.05, 4.69) is 15.5 Å². The van der Waals surface area contributed by atoms with Gasteiger partial charge in [-0.05, 0) is 69.3 Å². The number of carbonyl (C=O) groups excluding carboxylic acids is 2. The van der Waals surface area contributed by atoms with E-state index in [1.54, 1.807) is 12.3 Å². The lowest BCUT2D eigenvalue weighted by Crippen LogP contribution is -2.40. The van der Waals surface area contributed by atoms with Crippen LogP contribution in [0.3, 0.4) is 0 Å². The van der Waals surface area contributed by atoms with Crippen LogP contribution in [0.2, 0.25) is 0 Å². The van der Waals surface area contributed by atoms with E-state index in [0.29, 0.717) is 12.1 Å². The molecule has 1 unspecified atom stereocenters. The molecule has 2 N–H and O–H groups in total. The fourth-order valence-electron chi connectivity index (χ4n) is 4.16. The summed E-state index contributed by atoms with van der Waals surface area (Å²) in [6.45, 7) is 4.49. The van der Waals surface area contributed by atoms with Crippen molar-refractivity contribution < 1.29 is 14.0 Å². The van der Waals surface area contributed by atoms with E-state index in [4.69, 9.17) is 4.42 Å². The molecule has 1 aliphatic heterocycles. The zero-order valence-electron chi connectivity index (χ0n) is 19.5. The number of anilines is 1. The van der Waals surface area contributed by atoms with E-state index in [0.717, 1.165) is 47.8 Å². The van der Waals surface area contributed by atoms with Crippen LogP contribution in [0.5, 0.6) is 0 Å². The summed E-state index contributed by atoms with van der Waals surface area (Å²) < 4.78 is 5.69. The third kappa shape index (κ3) is 6.52. The minimum Gasteiger partial charge on any atom is -0.468 e. The highest BCUT2D eigenvalue weighted by atomic mass is 32.2. The summed E-state index contributed by atoms with van der Waals surface area (Å²) in [4.78, 5) is 28.7. The molecule has 7 heteroatoms. The molecule has 2 aromatic carbocycles. The quantitative estimate of drug-likeness (QED) is 0.411. The van der Waals surface area contributed by atoms with Gasteiger partial charge >= 0.3 is 0 Å². The molecule has 1 saturated heterocycles. The van der Waals surface area contributed by atoms with E-state index < -0.39 is 0 Å². The summed E-state index contributed by atoms with van der Waals surface area (Å²) in [6, 6.07) is 19.0. The second kappa shape index (κ2) is 11.9. The first-order chi connectivity index (χ1) is 16.6. The molecular weight excluding hydrogens is 446 g/mol. The molecule has 0 saturated carbocycles. The number of benzene rings is 2. The summed E-state index contributed by atoms with van der Waals surface area (Å²) in [5.41, 5.74) is 2.48. The van der Waals surface area contributed by atoms with Gasteiger partial charge in [0.15, 0.2) is 0 Å². The molecule has 2 heterocycles. The Morgan fingerprint density at radius 3 is 2.50 bits per heavy atom. The van der Waals surface area contributed by atoms with Crippen molar-refractivity contribution in [1.82, 2.24) is 10.2 Å². The van der Waals surface area contributed by atoms with Gasteiger partial charge < -0.3 is 15.1 Å². The topological polar surface area (TPSA) is 74.6 Å². The van der Waals surface area contributed by atoms with Crippen molar-refractivity contribution in [1.29, 1.82) is 0 Å². The van der Waals surface area contributed by atoms with Crippen molar-refractivity contribution in [2.24, 2.45) is 0 Å². The standard InChI is InChI=1S/C27H31N3O3S/c1-20-11-13-21(14-12-20)29-26(31)19-34-25-10-4-3-8-22(25)27(32)28-18-23(24-9-7-17-33-24)30-15-5-2-6-16-30/h3-4,7-14,17,23H,2,5-6,15-16,18-19H2,1H3,(H,28,32)(H,29,31). The molecule has 0 radical (unpaired) electrons. The normalized spacial score (nSPS) is 15.0. The lowest BCUT2D eigenvalue weighted by molar-refractivity contribution is -0.113. The monoisotopic (exact) mass is 477 g/mol. The van der Waals surface area contributed by atoms with Crippen LogP contribution in [0, 0.1) is 6.92 Å². The maximum absolute atomic E-state index is 13.1. The zero-order valence-corrected chi connectivity index (χ0v) is 20.3. The van der Waals surface area contributed by atoms with E-state index in [9.17, 15) is 9.59 Å². The Bertz CT molecular complexity index is 1080. The summed E-state index contributed by atoms with van der Waals surface area (Å²) in [5.74, 6) is 0.848. The molecule has 34 heavy (non-hydrogen) atoms. The van der Waals surface area contributed by atoms with Gasteiger partial charge in [0, 0.05) is 17.1 Å². The Hall–Kier alpha value is -3.03. The fourth-order valence-corrected chi connectivity index (χ4v) is 5.01. The number of thioether (sulfide) groups is 1. The first-order valence-corrected chi connectivity index (χ1v) is 12.7. The minimum atomic E-state index is -0.143. The lowest BCUT2D eigenvalue weighted by atomic mass is 10.1. The second-order valence-electron chi connectivity index (χ2n) is 8.54. The van der Waals surface area contributed by atoms with Crippen molar-refractivity contribution in [3.63, 3.8) is 0 Å². The van der Waals surface area contributed by atoms with Gasteiger partial charge in [0.1, 0.15) is 5.76 Å². The SMILES string of the molecule is Cc1ccc(NC(=O)CSc2ccccc2C(=O)NCC(c2ccco2)N2CCCCC2)cc1. The van der Waals surface area contributed by atoms with Gasteiger partial charge in [0.2, 0.25) is 5.91 Å². The smallest absolute Gasteiger partial charge is 0.252 e. The van der Waals surface area contributed by atoms with Crippen LogP contribution in [0.25, 0.3) is 0 Å². The van der Waals surface area contributed by atoms with Crippen molar-refractivity contribution >= 4 is 29.3 Å². The Morgan fingerprint density at radius 1 is 1.00 bits per heavy atom. The second-order valence-corrected chi connectivity index (χ2v) is 9.55. The van der Waals surface area contributed by atoms with E-state index in [-0.39, 0.29) is 23.6 Å². The number of nitrogens with zero attached hydrogens (tertiary/aromatic N) is 1. The molecular formula is C27H31N3O3S. The van der Waals surface area contributed by atoms with Crippen LogP contribution in [0.4, 0.5) is 5.69 Å². The van der Waals surface area contributed by atoms with Gasteiger partial charge in [-0.2, -0.15) is 0 Å². The van der Waals surface area contributed by atoms with Gasteiger partial charge in [-0.15, -0.1) is 11.8 Å². The third-order valence-electron chi connectivity index (χ3n) is 5.98. The number of likely N-dealkylation sites (tertiary alicyclic amines) is 1. The number of carbonyl (C=O) groups is 2. The first kappa shape index (κ1) is 24.1. The van der Waals surface area contributed by atoms with Gasteiger partial charge in [-0.1, -0.05) is 36.2 Å². The average molecular weight is 478 g/mol. The zero-order chi connectivity index (χ0) is 23.8. The molecule has 0 bridgehead atoms. The van der Waals surface area contributed by atoms with Crippen molar-refractivity contribution in [3.05, 3.63) is 83.8 Å². The Kier molecular flexibility index (Phi) is 8.44. The van der Waals surface area contributed by atoms with Crippen LogP contribution in [0.1, 0.15) is 47.0 Å². The minimum absolute atomic E-state index is 0.0133. The molecule has 3 aromatic rings. The number of hydrogen-bond donors (Lipinski definition) is 2. The number of nitrogens with one attached hydrogen (secondary N) is 2. The van der Waals surface area contributed by atoms with Crippen molar-refractivity contribution in [3.8, 4) is 0 Å². The maximum atomic E-state index is 13.1. The Labute approximate surface area is 205 Å². The average Bonchev–Trinajstić information content (AvgIpc) is 3.40. The van der Waals surface area contributed by atoms with Crippen molar-refractivity contribution in [2.45, 2.75) is 37.1 Å². The number of piperidine rings is 1. The van der Waals surface area contributed by atoms with E-state index in [1.165, 1.54) is 18.2 Å². The highest BCUT2D eigenvalue weighted by Gasteiger charge is 2.25. The van der Waals surface area contributed by atoms with Crippen molar-refractivity contribution in [2.75, 3.05) is 30.7 Å². The molecule has 6 nitrogen and oxygen atoms in total. The molecule has 4 rings (SSSR count). The third-order valence-corrected chi connectivity index (χ3v) is 7.06. The van der Waals surface area contributed by atoms with Crippen LogP contribution in [-0.2, 0) is 4.79 Å². The molecule has 0 aliphatic carbocycles. The number of rotatable bonds is 9. The molecule has 1 atom stereocenters. The fraction of sp³-hybridized carbons (Fsp3) is 0.333. The van der Waals surface area contributed by atoms with Gasteiger partial charge in [0.25, 0.3) is 5.91 Å². The summed E-state index contributed by atoms with van der Waals surface area (Å²) in [5, 5.41) is 6.01. The molecule has 1 aliphatic rings. The molecule has 0 spiro atoms. The highest BCUT2D eigenvalue weighted by molar-refractivity contribution is 8.00. The molecule has 1 fully saturated rings. The highest BCUT2D eigenvalue weighted by Crippen LogP contribution is 2.26.